The maximum Gasteiger partial charge on any atom is 0.163 e. The summed E-state index contributed by atoms with van der Waals surface area (Å²) in [6, 6.07) is 14.3. The molecule has 1 aromatic heterocycles. The first kappa shape index (κ1) is 17.6. The average molecular weight is 386 g/mol. The minimum absolute atomic E-state index is 0.501. The predicted molar refractivity (Wildman–Crippen MR) is 110 cm³/mol. The maximum absolute atomic E-state index is 6.45. The minimum atomic E-state index is 0.501. The van der Waals surface area contributed by atoms with Crippen LogP contribution in [0.4, 0.5) is 5.82 Å². The fraction of sp³-hybridized carbons (Fsp3) is 0.333. The third-order valence-electron chi connectivity index (χ3n) is 5.15. The summed E-state index contributed by atoms with van der Waals surface area (Å²) in [6.45, 7) is 3.28. The fourth-order valence-corrected chi connectivity index (χ4v) is 4.16. The highest BCUT2D eigenvalue weighted by molar-refractivity contribution is 6.43. The number of hydrogen-bond donors (Lipinski definition) is 0. The number of hydrogen-bond acceptors (Lipinski definition) is 3. The highest BCUT2D eigenvalue weighted by Gasteiger charge is 2.25. The summed E-state index contributed by atoms with van der Waals surface area (Å²) in [4.78, 5) is 12.2. The van der Waals surface area contributed by atoms with Gasteiger partial charge >= 0.3 is 0 Å². The number of piperidine rings is 1. The lowest BCUT2D eigenvalue weighted by Gasteiger charge is -2.37. The van der Waals surface area contributed by atoms with Crippen LogP contribution in [0.2, 0.25) is 10.0 Å². The van der Waals surface area contributed by atoms with Gasteiger partial charge in [-0.3, -0.25) is 0 Å². The van der Waals surface area contributed by atoms with Gasteiger partial charge in [-0.25, -0.2) is 9.97 Å². The molecule has 0 unspecified atom stereocenters. The zero-order valence-electron chi connectivity index (χ0n) is 14.8. The molecule has 0 bridgehead atoms. The number of aromatic nitrogens is 2. The molecule has 0 radical (unpaired) electrons. The van der Waals surface area contributed by atoms with E-state index in [2.05, 4.69) is 17.9 Å². The van der Waals surface area contributed by atoms with Gasteiger partial charge in [0.2, 0.25) is 0 Å². The Hall–Kier alpha value is -1.84. The Morgan fingerprint density at radius 2 is 1.88 bits per heavy atom. The van der Waals surface area contributed by atoms with Crippen LogP contribution in [-0.4, -0.2) is 22.6 Å². The summed E-state index contributed by atoms with van der Waals surface area (Å²) in [5.41, 5.74) is 1.71. The monoisotopic (exact) mass is 385 g/mol. The first-order chi connectivity index (χ1) is 12.7. The van der Waals surface area contributed by atoms with Crippen LogP contribution in [0.25, 0.3) is 22.3 Å². The molecule has 0 aliphatic carbocycles. The Bertz CT molecular complexity index is 942. The van der Waals surface area contributed by atoms with Crippen molar-refractivity contribution in [2.75, 3.05) is 11.4 Å². The van der Waals surface area contributed by atoms with Crippen molar-refractivity contribution in [2.24, 2.45) is 0 Å². The van der Waals surface area contributed by atoms with E-state index in [1.807, 2.05) is 30.3 Å². The molecule has 3 aromatic rings. The van der Waals surface area contributed by atoms with Crippen molar-refractivity contribution in [3.8, 4) is 11.4 Å². The first-order valence-corrected chi connectivity index (χ1v) is 9.92. The zero-order valence-corrected chi connectivity index (χ0v) is 16.3. The van der Waals surface area contributed by atoms with Crippen LogP contribution in [0.1, 0.15) is 32.6 Å². The van der Waals surface area contributed by atoms with Crippen molar-refractivity contribution >= 4 is 39.9 Å². The van der Waals surface area contributed by atoms with Crippen molar-refractivity contribution < 1.29 is 0 Å². The molecule has 1 aliphatic heterocycles. The number of halogens is 2. The van der Waals surface area contributed by atoms with Gasteiger partial charge in [-0.15, -0.1) is 0 Å². The van der Waals surface area contributed by atoms with Crippen LogP contribution in [0.15, 0.2) is 42.5 Å². The molecular weight excluding hydrogens is 365 g/mol. The molecule has 1 atom stereocenters. The number of anilines is 1. The lowest BCUT2D eigenvalue weighted by atomic mass is 9.99. The molecular formula is C21H21Cl2N3. The molecule has 3 nitrogen and oxygen atoms in total. The molecule has 26 heavy (non-hydrogen) atoms. The molecule has 0 N–H and O–H groups in total. The molecule has 134 valence electrons. The molecule has 1 aliphatic rings. The van der Waals surface area contributed by atoms with Gasteiger partial charge in [-0.2, -0.15) is 0 Å². The summed E-state index contributed by atoms with van der Waals surface area (Å²) >= 11 is 12.7. The minimum Gasteiger partial charge on any atom is -0.353 e. The van der Waals surface area contributed by atoms with E-state index in [4.69, 9.17) is 33.2 Å². The summed E-state index contributed by atoms with van der Waals surface area (Å²) in [5, 5.41) is 2.11. The third kappa shape index (κ3) is 3.15. The first-order valence-electron chi connectivity index (χ1n) is 9.17. The zero-order chi connectivity index (χ0) is 18.1. The Labute approximate surface area is 164 Å². The number of fused-ring (bicyclic) bond motifs is 1. The average Bonchev–Trinajstić information content (AvgIpc) is 2.69. The lowest BCUT2D eigenvalue weighted by molar-refractivity contribution is 0.448. The van der Waals surface area contributed by atoms with E-state index in [-0.39, 0.29) is 0 Å². The van der Waals surface area contributed by atoms with Crippen LogP contribution in [-0.2, 0) is 0 Å². The maximum atomic E-state index is 6.45. The largest absolute Gasteiger partial charge is 0.353 e. The van der Waals surface area contributed by atoms with Gasteiger partial charge in [0, 0.05) is 23.5 Å². The lowest BCUT2D eigenvalue weighted by Crippen LogP contribution is -2.39. The molecule has 0 saturated carbocycles. The van der Waals surface area contributed by atoms with E-state index in [9.17, 15) is 0 Å². The van der Waals surface area contributed by atoms with E-state index in [1.165, 1.54) is 19.3 Å². The molecule has 1 fully saturated rings. The normalized spacial score (nSPS) is 17.7. The number of benzene rings is 2. The van der Waals surface area contributed by atoms with E-state index in [0.29, 0.717) is 21.9 Å². The van der Waals surface area contributed by atoms with Gasteiger partial charge in [0.05, 0.1) is 15.6 Å². The predicted octanol–water partition coefficient (Wildman–Crippen LogP) is 6.37. The highest BCUT2D eigenvalue weighted by Crippen LogP contribution is 2.36. The molecule has 2 aromatic carbocycles. The second-order valence-corrected chi connectivity index (χ2v) is 7.53. The van der Waals surface area contributed by atoms with Crippen molar-refractivity contribution in [1.82, 2.24) is 9.97 Å². The summed E-state index contributed by atoms with van der Waals surface area (Å²) in [5.74, 6) is 1.64. The number of rotatable bonds is 3. The van der Waals surface area contributed by atoms with Gasteiger partial charge in [0.25, 0.3) is 0 Å². The molecule has 1 saturated heterocycles. The number of nitrogens with zero attached hydrogens (tertiary/aromatic N) is 3. The van der Waals surface area contributed by atoms with Crippen LogP contribution >= 0.6 is 23.2 Å². The van der Waals surface area contributed by atoms with Crippen molar-refractivity contribution in [2.45, 2.75) is 38.6 Å². The molecule has 0 amide bonds. The van der Waals surface area contributed by atoms with Gasteiger partial charge < -0.3 is 4.90 Å². The smallest absolute Gasteiger partial charge is 0.163 e. The standard InChI is InChI=1S/C21H21Cl2N3/c1-2-14-8-5-6-13-26(14)21-15-9-3-4-12-18(15)24-20(25-21)16-10-7-11-17(22)19(16)23/h3-4,7,9-12,14H,2,5-6,8,13H2,1H3/t14-/m0/s1. The fourth-order valence-electron chi connectivity index (χ4n) is 3.78. The van der Waals surface area contributed by atoms with Crippen molar-refractivity contribution in [1.29, 1.82) is 0 Å². The second kappa shape index (κ2) is 7.42. The summed E-state index contributed by atoms with van der Waals surface area (Å²) < 4.78 is 0. The van der Waals surface area contributed by atoms with Crippen LogP contribution < -0.4 is 4.90 Å². The van der Waals surface area contributed by atoms with Crippen LogP contribution in [0.5, 0.6) is 0 Å². The third-order valence-corrected chi connectivity index (χ3v) is 5.96. The van der Waals surface area contributed by atoms with E-state index < -0.39 is 0 Å². The Morgan fingerprint density at radius 3 is 2.73 bits per heavy atom. The Balaban J connectivity index is 1.93. The molecule has 5 heteroatoms. The highest BCUT2D eigenvalue weighted by atomic mass is 35.5. The molecule has 0 spiro atoms. The van der Waals surface area contributed by atoms with E-state index in [0.717, 1.165) is 35.2 Å². The van der Waals surface area contributed by atoms with Gasteiger partial charge in [-0.05, 0) is 49.9 Å². The Morgan fingerprint density at radius 1 is 1.04 bits per heavy atom. The van der Waals surface area contributed by atoms with E-state index in [1.54, 1.807) is 6.07 Å². The second-order valence-electron chi connectivity index (χ2n) is 6.74. The molecule has 4 rings (SSSR count). The molecule has 2 heterocycles. The Kier molecular flexibility index (Phi) is 5.01. The van der Waals surface area contributed by atoms with Crippen LogP contribution in [0, 0.1) is 0 Å². The van der Waals surface area contributed by atoms with Gasteiger partial charge in [-0.1, -0.05) is 48.3 Å². The van der Waals surface area contributed by atoms with Crippen LogP contribution in [0.3, 0.4) is 0 Å². The topological polar surface area (TPSA) is 29.0 Å². The van der Waals surface area contributed by atoms with Gasteiger partial charge in [0.15, 0.2) is 5.82 Å². The van der Waals surface area contributed by atoms with E-state index >= 15 is 0 Å². The summed E-state index contributed by atoms with van der Waals surface area (Å²) in [6.07, 6.45) is 4.81. The number of para-hydroxylation sites is 1. The van der Waals surface area contributed by atoms with Crippen molar-refractivity contribution in [3.05, 3.63) is 52.5 Å². The van der Waals surface area contributed by atoms with Crippen molar-refractivity contribution in [3.63, 3.8) is 0 Å². The SMILES string of the molecule is CC[C@H]1CCCCN1c1nc(-c2cccc(Cl)c2Cl)nc2ccccc12. The quantitative estimate of drug-likeness (QED) is 0.524. The van der Waals surface area contributed by atoms with Gasteiger partial charge in [0.1, 0.15) is 5.82 Å². The summed E-state index contributed by atoms with van der Waals surface area (Å²) in [7, 11) is 0.